The quantitative estimate of drug-likeness (QED) is 0.471. The molecule has 0 fully saturated rings. The van der Waals surface area contributed by atoms with Crippen molar-refractivity contribution < 1.29 is 34.9 Å². The van der Waals surface area contributed by atoms with Crippen molar-refractivity contribution in [2.75, 3.05) is 0 Å². The molecule has 0 radical (unpaired) electrons. The maximum absolute atomic E-state index is 10.6. The van der Waals surface area contributed by atoms with Crippen LogP contribution in [0.3, 0.4) is 0 Å². The number of aromatic hydroxyl groups is 1. The van der Waals surface area contributed by atoms with E-state index in [4.69, 9.17) is 21.1 Å². The fourth-order valence-electron chi connectivity index (χ4n) is 0.960. The van der Waals surface area contributed by atoms with Gasteiger partial charge in [-0.25, -0.2) is 4.79 Å². The van der Waals surface area contributed by atoms with Crippen molar-refractivity contribution in [2.24, 2.45) is 5.73 Å². The minimum atomic E-state index is -1.45. The molecule has 1 aromatic rings. The molecule has 16 heavy (non-hydrogen) atoms. The normalized spacial score (nSPS) is 11.6. The van der Waals surface area contributed by atoms with Crippen LogP contribution in [-0.2, 0) is 11.2 Å². The molecule has 0 saturated carbocycles. The molecular weight excluding hydrogens is 224 g/mol. The molecule has 0 bridgehead atoms. The Morgan fingerprint density at radius 3 is 2.44 bits per heavy atom. The Bertz CT molecular complexity index is 399. The molecule has 9 nitrogen and oxygen atoms in total. The average Bonchev–Trinajstić information content (AvgIpc) is 2.48. The maximum atomic E-state index is 10.6. The Labute approximate surface area is 88.4 Å². The van der Waals surface area contributed by atoms with Crippen molar-refractivity contribution in [1.29, 1.82) is 0 Å². The highest BCUT2D eigenvalue weighted by molar-refractivity contribution is 5.87. The Hall–Kier alpha value is -2.13. The Kier molecular flexibility index (Phi) is 4.41. The van der Waals surface area contributed by atoms with Gasteiger partial charge in [-0.15, -0.1) is 0 Å². The van der Waals surface area contributed by atoms with Gasteiger partial charge in [0.25, 0.3) is 11.6 Å². The topological polar surface area (TPSA) is 178 Å². The monoisotopic (exact) mass is 234 g/mol. The summed E-state index contributed by atoms with van der Waals surface area (Å²) in [5, 5.41) is 29.2. The third-order valence-corrected chi connectivity index (χ3v) is 1.70. The van der Waals surface area contributed by atoms with Crippen molar-refractivity contribution in [1.82, 2.24) is 5.16 Å². The highest BCUT2D eigenvalue weighted by Crippen LogP contribution is 2.21. The van der Waals surface area contributed by atoms with Gasteiger partial charge in [-0.3, -0.25) is 4.79 Å². The van der Waals surface area contributed by atoms with Gasteiger partial charge >= 0.3 is 11.9 Å². The van der Waals surface area contributed by atoms with E-state index >= 15 is 0 Å². The van der Waals surface area contributed by atoms with Crippen LogP contribution < -0.4 is 5.73 Å². The summed E-state index contributed by atoms with van der Waals surface area (Å²) in [7, 11) is 0. The first-order valence-electron chi connectivity index (χ1n) is 3.82. The van der Waals surface area contributed by atoms with Gasteiger partial charge in [-0.05, 0) is 5.16 Å². The zero-order valence-corrected chi connectivity index (χ0v) is 7.88. The Balaban J connectivity index is 0.00000225. The lowest BCUT2D eigenvalue weighted by atomic mass is 10.1. The minimum absolute atomic E-state index is 0. The fourth-order valence-corrected chi connectivity index (χ4v) is 0.960. The van der Waals surface area contributed by atoms with Crippen LogP contribution in [-0.4, -0.2) is 43.9 Å². The van der Waals surface area contributed by atoms with Crippen LogP contribution in [0.4, 0.5) is 0 Å². The first-order chi connectivity index (χ1) is 6.93. The van der Waals surface area contributed by atoms with Gasteiger partial charge in [0.05, 0.1) is 5.56 Å². The highest BCUT2D eigenvalue weighted by atomic mass is 16.5. The fraction of sp³-hybridized carbons (Fsp3) is 0.286. The number of carboxylic acid groups (broad SMARTS) is 2. The summed E-state index contributed by atoms with van der Waals surface area (Å²) in [6.07, 6.45) is -0.369. The van der Waals surface area contributed by atoms with E-state index < -0.39 is 29.6 Å². The highest BCUT2D eigenvalue weighted by Gasteiger charge is 2.25. The number of aromatic carboxylic acids is 1. The molecule has 1 rings (SSSR count). The summed E-state index contributed by atoms with van der Waals surface area (Å²) >= 11 is 0. The molecule has 0 spiro atoms. The molecule has 9 heteroatoms. The average molecular weight is 234 g/mol. The van der Waals surface area contributed by atoms with E-state index in [1.165, 1.54) is 0 Å². The van der Waals surface area contributed by atoms with Crippen LogP contribution in [0.15, 0.2) is 4.52 Å². The number of hydrogen-bond donors (Lipinski definition) is 4. The molecule has 0 aromatic carbocycles. The van der Waals surface area contributed by atoms with Gasteiger partial charge in [-0.2, -0.15) is 0 Å². The number of carbonyl (C=O) groups is 2. The molecule has 0 amide bonds. The second-order valence-electron chi connectivity index (χ2n) is 2.77. The summed E-state index contributed by atoms with van der Waals surface area (Å²) in [5.41, 5.74) is 4.95. The molecule has 90 valence electrons. The van der Waals surface area contributed by atoms with E-state index in [9.17, 15) is 9.59 Å². The molecule has 0 aliphatic rings. The summed E-state index contributed by atoms with van der Waals surface area (Å²) in [6, 6.07) is -1.33. The number of nitrogens with zero attached hydrogens (tertiary/aromatic N) is 1. The zero-order valence-electron chi connectivity index (χ0n) is 7.88. The van der Waals surface area contributed by atoms with Crippen LogP contribution >= 0.6 is 0 Å². The molecule has 0 aliphatic carbocycles. The van der Waals surface area contributed by atoms with E-state index in [1.807, 2.05) is 0 Å². The SMILES string of the molecule is N[C@@H](Cc1c(O)noc1C(=O)O)C(=O)O.O. The van der Waals surface area contributed by atoms with Crippen molar-refractivity contribution >= 4 is 11.9 Å². The van der Waals surface area contributed by atoms with Gasteiger partial charge in [-0.1, -0.05) is 0 Å². The molecule has 0 saturated heterocycles. The summed E-state index contributed by atoms with van der Waals surface area (Å²) in [4.78, 5) is 21.0. The van der Waals surface area contributed by atoms with Gasteiger partial charge in [0.1, 0.15) is 6.04 Å². The lowest BCUT2D eigenvalue weighted by Crippen LogP contribution is -2.32. The van der Waals surface area contributed by atoms with Crippen molar-refractivity contribution in [3.05, 3.63) is 11.3 Å². The van der Waals surface area contributed by atoms with E-state index in [1.54, 1.807) is 0 Å². The maximum Gasteiger partial charge on any atom is 0.375 e. The van der Waals surface area contributed by atoms with E-state index in [2.05, 4.69) is 9.68 Å². The van der Waals surface area contributed by atoms with E-state index in [0.717, 1.165) is 0 Å². The second-order valence-corrected chi connectivity index (χ2v) is 2.77. The van der Waals surface area contributed by atoms with Gasteiger partial charge in [0.15, 0.2) is 0 Å². The number of rotatable bonds is 4. The number of carboxylic acids is 2. The first kappa shape index (κ1) is 13.9. The largest absolute Gasteiger partial charge is 0.491 e. The van der Waals surface area contributed by atoms with Crippen molar-refractivity contribution in [3.63, 3.8) is 0 Å². The molecule has 7 N–H and O–H groups in total. The zero-order chi connectivity index (χ0) is 11.6. The lowest BCUT2D eigenvalue weighted by Gasteiger charge is -2.03. The van der Waals surface area contributed by atoms with Crippen LogP contribution in [0, 0.1) is 0 Å². The standard InChI is InChI=1S/C7H8N2O6.H2O/c8-3(6(11)12)1-2-4(7(13)14)15-9-5(2)10;/h3H,1,8H2,(H,9,10)(H,11,12)(H,13,14);1H2/t3-;/m0./s1. The molecule has 1 atom stereocenters. The van der Waals surface area contributed by atoms with Crippen LogP contribution in [0.1, 0.15) is 16.1 Å². The summed E-state index contributed by atoms with van der Waals surface area (Å²) < 4.78 is 4.29. The Morgan fingerprint density at radius 2 is 2.00 bits per heavy atom. The van der Waals surface area contributed by atoms with Gasteiger partial charge < -0.3 is 31.1 Å². The number of nitrogens with two attached hydrogens (primary N) is 1. The molecule has 1 aromatic heterocycles. The second kappa shape index (κ2) is 5.09. The third kappa shape index (κ3) is 2.68. The Morgan fingerprint density at radius 1 is 1.44 bits per heavy atom. The molecule has 0 unspecified atom stereocenters. The van der Waals surface area contributed by atoms with Crippen LogP contribution in [0.25, 0.3) is 0 Å². The van der Waals surface area contributed by atoms with Gasteiger partial charge in [0.2, 0.25) is 0 Å². The minimum Gasteiger partial charge on any atom is -0.491 e. The van der Waals surface area contributed by atoms with Crippen molar-refractivity contribution in [3.8, 4) is 5.88 Å². The van der Waals surface area contributed by atoms with E-state index in [-0.39, 0.29) is 17.5 Å². The van der Waals surface area contributed by atoms with Gasteiger partial charge in [0, 0.05) is 6.42 Å². The first-order valence-corrected chi connectivity index (χ1v) is 3.82. The smallest absolute Gasteiger partial charge is 0.375 e. The lowest BCUT2D eigenvalue weighted by molar-refractivity contribution is -0.138. The summed E-state index contributed by atoms with van der Waals surface area (Å²) in [6.45, 7) is 0. The number of aromatic nitrogens is 1. The van der Waals surface area contributed by atoms with E-state index in [0.29, 0.717) is 0 Å². The summed E-state index contributed by atoms with van der Waals surface area (Å²) in [5.74, 6) is -4.03. The predicted octanol–water partition coefficient (Wildman–Crippen LogP) is -1.79. The third-order valence-electron chi connectivity index (χ3n) is 1.70. The number of hydrogen-bond acceptors (Lipinski definition) is 6. The molecular formula is C7H10N2O7. The predicted molar refractivity (Wildman–Crippen MR) is 48.1 cm³/mol. The van der Waals surface area contributed by atoms with Crippen molar-refractivity contribution in [2.45, 2.75) is 12.5 Å². The van der Waals surface area contributed by atoms with Crippen LogP contribution in [0.5, 0.6) is 5.88 Å². The van der Waals surface area contributed by atoms with Crippen LogP contribution in [0.2, 0.25) is 0 Å². The molecule has 0 aliphatic heterocycles. The molecule has 1 heterocycles. The number of aliphatic carboxylic acids is 1.